The summed E-state index contributed by atoms with van der Waals surface area (Å²) in [6.07, 6.45) is 23.7. The number of nitrogens with two attached hydrogens (primary N) is 5. The van der Waals surface area contributed by atoms with Crippen LogP contribution in [0.4, 0.5) is 76.0 Å². The van der Waals surface area contributed by atoms with Crippen LogP contribution in [-0.2, 0) is 4.74 Å². The van der Waals surface area contributed by atoms with E-state index in [1.54, 1.807) is 24.7 Å². The predicted octanol–water partition coefficient (Wildman–Crippen LogP) is 12.2. The van der Waals surface area contributed by atoms with E-state index < -0.39 is 58.6 Å². The number of nitrogens with zero attached hydrogens (tertiary/aromatic N) is 23. The number of nitrogen functional groups attached to an aromatic ring is 5. The topological polar surface area (TPSA) is 529 Å². The number of likely N-dealkylation sites (N-methyl/N-ethyl adjacent to an activating group) is 1. The van der Waals surface area contributed by atoms with Gasteiger partial charge in [-0.2, -0.15) is 21.9 Å². The number of fused-ring (bicyclic) bond motifs is 5. The molecule has 0 atom stereocenters. The summed E-state index contributed by atoms with van der Waals surface area (Å²) < 4.78 is 99.3. The second-order valence-corrected chi connectivity index (χ2v) is 33.0. The maximum absolute atomic E-state index is 13.3. The molecule has 17 aromatic heterocycles. The van der Waals surface area contributed by atoms with E-state index in [4.69, 9.17) is 33.4 Å². The third-order valence-electron chi connectivity index (χ3n) is 20.2. The van der Waals surface area contributed by atoms with E-state index in [0.717, 1.165) is 226 Å². The highest BCUT2D eigenvalue weighted by Gasteiger charge is 2.34. The van der Waals surface area contributed by atoms with Crippen LogP contribution in [0, 0.1) is 70.6 Å². The van der Waals surface area contributed by atoms with Gasteiger partial charge in [-0.25, -0.2) is 69.4 Å². The molecule has 0 spiro atoms. The molecule has 20 rings (SSSR count). The second-order valence-electron chi connectivity index (χ2n) is 29.1. The zero-order chi connectivity index (χ0) is 90.9. The number of rotatable bonds is 15. The van der Waals surface area contributed by atoms with Gasteiger partial charge >= 0.3 is 0 Å². The van der Waals surface area contributed by atoms with Gasteiger partial charge in [-0.1, -0.05) is 24.3 Å². The minimum atomic E-state index is -0.580. The molecule has 2 aliphatic heterocycles. The maximum atomic E-state index is 13.3. The van der Waals surface area contributed by atoms with Crippen molar-refractivity contribution in [2.45, 2.75) is 73.1 Å². The van der Waals surface area contributed by atoms with Gasteiger partial charge in [-0.05, 0) is 161 Å². The molecule has 19 heterocycles. The van der Waals surface area contributed by atoms with E-state index in [-0.39, 0.29) is 85.1 Å². The largest absolute Gasteiger partial charge is 0.381 e. The van der Waals surface area contributed by atoms with Gasteiger partial charge in [0.05, 0.1) is 104 Å². The summed E-state index contributed by atoms with van der Waals surface area (Å²) >= 11 is 5.99. The molecule has 49 heteroatoms. The SMILES string of the molecule is Cc1ncccc1-c1c(C)nsc1NC(=O)c1c(N)nn2cc(F)cnc12.Cc1nsc(NC(=O)c2c(N)nn3cc(F)cnc23)c1-c1cccnc1.Cc1nsc(NC(=O)c2c(N)nn3cc(F)cnc23)c1C1=CCN(C)CC1.Cc1nsc(NC(=O)c2c(N)nn3cc(F)cnc23)c1C1=CCOCC1.Cc1nsc(NC(=O)c2c(N)nn3cc(F)cnc23)c1C1CC1. The summed E-state index contributed by atoms with van der Waals surface area (Å²) in [6, 6.07) is 7.43. The van der Waals surface area contributed by atoms with Crippen LogP contribution < -0.4 is 55.3 Å². The molecule has 658 valence electrons. The first-order valence-corrected chi connectivity index (χ1v) is 42.7. The lowest BCUT2D eigenvalue weighted by Crippen LogP contribution is -2.24. The Morgan fingerprint density at radius 2 is 0.760 bits per heavy atom. The monoisotopic (exact) mass is 1850 g/mol. The minimum absolute atomic E-state index is 0.00751. The van der Waals surface area contributed by atoms with Crippen molar-refractivity contribution in [2.75, 3.05) is 88.6 Å². The summed E-state index contributed by atoms with van der Waals surface area (Å²) in [5.41, 5.74) is 44.2. The van der Waals surface area contributed by atoms with E-state index in [1.807, 2.05) is 65.8 Å². The van der Waals surface area contributed by atoms with Crippen molar-refractivity contribution in [1.82, 2.24) is 110 Å². The number of anilines is 10. The first-order valence-electron chi connectivity index (χ1n) is 38.8. The summed E-state index contributed by atoms with van der Waals surface area (Å²) in [5, 5.41) is 37.1. The third-order valence-corrected chi connectivity index (χ3v) is 24.5. The van der Waals surface area contributed by atoms with Crippen molar-refractivity contribution in [3.8, 4) is 22.3 Å². The molecule has 1 saturated carbocycles. The molecular weight excluding hydrogens is 1770 g/mol. The molecule has 0 unspecified atom stereocenters. The molecule has 0 radical (unpaired) electrons. The first kappa shape index (κ1) is 87.4. The van der Waals surface area contributed by atoms with E-state index >= 15 is 0 Å². The number of hydrogen-bond donors (Lipinski definition) is 10. The molecule has 3 aliphatic rings. The van der Waals surface area contributed by atoms with Crippen LogP contribution in [0.25, 0.3) is 61.6 Å². The van der Waals surface area contributed by atoms with Gasteiger partial charge in [0.25, 0.3) is 29.5 Å². The lowest BCUT2D eigenvalue weighted by Gasteiger charge is -2.22. The summed E-state index contributed by atoms with van der Waals surface area (Å²) in [4.78, 5) is 94.1. The van der Waals surface area contributed by atoms with Crippen LogP contribution in [0.1, 0.15) is 134 Å². The molecule has 1 fully saturated rings. The number of aryl methyl sites for hydroxylation is 6. The zero-order valence-corrected chi connectivity index (χ0v) is 72.8. The van der Waals surface area contributed by atoms with Gasteiger partial charge in [0.15, 0.2) is 86.4 Å². The fourth-order valence-corrected chi connectivity index (χ4v) is 18.3. The Kier molecular flexibility index (Phi) is 25.0. The van der Waals surface area contributed by atoms with Crippen LogP contribution in [0.5, 0.6) is 0 Å². The van der Waals surface area contributed by atoms with Crippen LogP contribution in [0.2, 0.25) is 0 Å². The number of pyridine rings is 2. The first-order chi connectivity index (χ1) is 62.0. The minimum Gasteiger partial charge on any atom is -0.381 e. The van der Waals surface area contributed by atoms with Crippen LogP contribution in [0.3, 0.4) is 0 Å². The molecule has 129 heavy (non-hydrogen) atoms. The molecule has 0 bridgehead atoms. The van der Waals surface area contributed by atoms with Gasteiger partial charge in [0.1, 0.15) is 52.8 Å². The lowest BCUT2D eigenvalue weighted by atomic mass is 10.00. The fraction of sp³-hybridized carbons (Fsp3) is 0.200. The van der Waals surface area contributed by atoms with Crippen molar-refractivity contribution >= 4 is 181 Å². The molecule has 0 saturated heterocycles. The molecular formula is C80H72F5N33O6S5. The highest BCUT2D eigenvalue weighted by Crippen LogP contribution is 2.47. The van der Waals surface area contributed by atoms with E-state index in [9.17, 15) is 45.9 Å². The molecule has 15 N–H and O–H groups in total. The summed E-state index contributed by atoms with van der Waals surface area (Å²) in [5.74, 6) is -4.78. The summed E-state index contributed by atoms with van der Waals surface area (Å²) in [7, 11) is 2.07. The number of nitrogens with one attached hydrogen (secondary N) is 5. The molecule has 17 aromatic rings. The van der Waals surface area contributed by atoms with Gasteiger partial charge < -0.3 is 64.9 Å². The van der Waals surface area contributed by atoms with Crippen molar-refractivity contribution in [2.24, 2.45) is 0 Å². The van der Waals surface area contributed by atoms with Crippen LogP contribution in [-0.4, -0.2) is 173 Å². The normalized spacial score (nSPS) is 13.2. The van der Waals surface area contributed by atoms with Gasteiger partial charge in [-0.15, -0.1) is 25.5 Å². The fourth-order valence-electron chi connectivity index (χ4n) is 14.1. The quantitative estimate of drug-likeness (QED) is 0.0426. The van der Waals surface area contributed by atoms with Crippen molar-refractivity contribution in [3.05, 3.63) is 225 Å². The number of ether oxygens (including phenoxy) is 1. The Hall–Kier alpha value is -15.1. The predicted molar refractivity (Wildman–Crippen MR) is 477 cm³/mol. The Morgan fingerprint density at radius 1 is 0.411 bits per heavy atom. The number of hydrogen-bond acceptors (Lipinski definition) is 34. The van der Waals surface area contributed by atoms with Crippen molar-refractivity contribution in [3.63, 3.8) is 0 Å². The Balaban J connectivity index is 0.000000118. The average Bonchev–Trinajstić information content (AvgIpc) is 1.67. The molecule has 5 amide bonds. The summed E-state index contributed by atoms with van der Waals surface area (Å²) in [6.45, 7) is 14.3. The third kappa shape index (κ3) is 18.4. The molecule has 0 aromatic carbocycles. The second kappa shape index (κ2) is 36.9. The van der Waals surface area contributed by atoms with Crippen molar-refractivity contribution < 1.29 is 50.7 Å². The Bertz CT molecular complexity index is 7330. The maximum Gasteiger partial charge on any atom is 0.264 e. The zero-order valence-electron chi connectivity index (χ0n) is 68.8. The van der Waals surface area contributed by atoms with Gasteiger partial charge in [0, 0.05) is 76.3 Å². The lowest BCUT2D eigenvalue weighted by molar-refractivity contribution is 0.102. The Morgan fingerprint density at radius 3 is 1.12 bits per heavy atom. The van der Waals surface area contributed by atoms with Crippen molar-refractivity contribution in [1.29, 1.82) is 0 Å². The highest BCUT2D eigenvalue weighted by atomic mass is 32.1. The van der Waals surface area contributed by atoms with Crippen LogP contribution >= 0.6 is 57.7 Å². The number of halogens is 5. The Labute approximate surface area is 745 Å². The van der Waals surface area contributed by atoms with Crippen LogP contribution in [0.15, 0.2) is 117 Å². The van der Waals surface area contributed by atoms with E-state index in [2.05, 4.69) is 127 Å². The van der Waals surface area contributed by atoms with Gasteiger partial charge in [-0.3, -0.25) is 33.9 Å². The van der Waals surface area contributed by atoms with E-state index in [1.165, 1.54) is 44.7 Å². The smallest absolute Gasteiger partial charge is 0.264 e. The highest BCUT2D eigenvalue weighted by molar-refractivity contribution is 7.12. The van der Waals surface area contributed by atoms with Gasteiger partial charge in [0.2, 0.25) is 0 Å². The number of aromatic nitrogens is 22. The number of carbonyl (C=O) groups excluding carboxylic acids is 5. The average molecular weight is 1850 g/mol. The standard InChI is InChI=1S/C17H18FN7OS.C17H14FN7OS.C16H12FN7OS.C16H15FN6O2S.C14H13FN6OS/c1-9-12(10-3-5-24(2)6-4-10)17(27-23-9)21-16(26)13-14(19)22-25-8-11(18)7-20-15(13)25;1-8-11(4-3-5-20-8)12-9(2)24-27-17(12)22-16(26)13-14(19)23-25-7-10(18)6-21-15(13)25;1-8-11(9-3-2-4-19-5-9)16(26-23-8)21-15(25)12-13(18)22-24-7-10(17)6-20-14(12)24;1-8-11(9-2-4-25-5-3-9)16(26-22-8)20-15(24)12-13(18)21-23-7-10(17)6-19-14(12)23;1-6-9(7-2-3-7)14(23-20-6)18-13(22)10-11(16)19-21-5-8(15)4-17-12(10)21/h3,7-8H,4-6H2,1-2H3,(H2,19,22)(H,21,26);3-7H,1-2H3,(H2,19,23)(H,22,26);2-7H,1H3,(H2,18,22)(H,21,25);2,6-7H,3-5H2,1H3,(H2,18,21)(H,20,24);4-5,7H,2-3H2,1H3,(H2,16,19)(H,18,22). The molecule has 1 aliphatic carbocycles. The number of carbonyl (C=O) groups is 5. The number of amides is 5. The molecule has 39 nitrogen and oxygen atoms in total. The van der Waals surface area contributed by atoms with E-state index in [0.29, 0.717) is 39.1 Å².